The molecule has 0 amide bonds. The van der Waals surface area contributed by atoms with E-state index < -0.39 is 11.6 Å². The van der Waals surface area contributed by atoms with Crippen molar-refractivity contribution in [3.8, 4) is 0 Å². The number of hydrogen-bond acceptors (Lipinski definition) is 1. The zero-order chi connectivity index (χ0) is 16.2. The number of benzene rings is 1. The SMILES string of the molecule is CCNC(CC(C)CC(C)(C)C)c1cc(C)c(F)cc1F. The molecule has 0 fully saturated rings. The Balaban J connectivity index is 2.94. The number of hydrogen-bond donors (Lipinski definition) is 1. The molecule has 0 aromatic heterocycles. The standard InChI is InChI=1S/C18H29F2N/c1-7-21-17(8-12(2)11-18(4,5)6)14-9-13(3)15(19)10-16(14)20/h9-10,12,17,21H,7-8,11H2,1-6H3. The van der Waals surface area contributed by atoms with Gasteiger partial charge in [0.2, 0.25) is 0 Å². The Kier molecular flexibility index (Phi) is 6.33. The van der Waals surface area contributed by atoms with Crippen molar-refractivity contribution in [3.05, 3.63) is 34.9 Å². The van der Waals surface area contributed by atoms with E-state index in [9.17, 15) is 8.78 Å². The summed E-state index contributed by atoms with van der Waals surface area (Å²) in [5.74, 6) is -0.458. The van der Waals surface area contributed by atoms with Gasteiger partial charge in [-0.15, -0.1) is 0 Å². The average molecular weight is 297 g/mol. The van der Waals surface area contributed by atoms with Crippen molar-refractivity contribution >= 4 is 0 Å². The predicted octanol–water partition coefficient (Wildman–Crippen LogP) is 5.39. The summed E-state index contributed by atoms with van der Waals surface area (Å²) in [5.41, 5.74) is 1.34. The predicted molar refractivity (Wildman–Crippen MR) is 85.4 cm³/mol. The van der Waals surface area contributed by atoms with Crippen molar-refractivity contribution in [2.45, 2.75) is 60.4 Å². The van der Waals surface area contributed by atoms with Crippen LogP contribution in [0, 0.1) is 29.9 Å². The molecule has 0 aliphatic heterocycles. The first kappa shape index (κ1) is 18.1. The Hall–Kier alpha value is -0.960. The van der Waals surface area contributed by atoms with Crippen molar-refractivity contribution < 1.29 is 8.78 Å². The van der Waals surface area contributed by atoms with Crippen LogP contribution in [0.15, 0.2) is 12.1 Å². The fourth-order valence-corrected chi connectivity index (χ4v) is 3.04. The van der Waals surface area contributed by atoms with Crippen LogP contribution in [0.5, 0.6) is 0 Å². The molecule has 1 aromatic rings. The maximum absolute atomic E-state index is 14.1. The summed E-state index contributed by atoms with van der Waals surface area (Å²) in [6.45, 7) is 13.3. The van der Waals surface area contributed by atoms with Gasteiger partial charge in [0, 0.05) is 17.7 Å². The lowest BCUT2D eigenvalue weighted by molar-refractivity contribution is 0.275. The molecule has 0 heterocycles. The minimum Gasteiger partial charge on any atom is -0.310 e. The van der Waals surface area contributed by atoms with Gasteiger partial charge in [0.15, 0.2) is 0 Å². The van der Waals surface area contributed by atoms with Crippen LogP contribution in [-0.2, 0) is 0 Å². The van der Waals surface area contributed by atoms with E-state index in [0.29, 0.717) is 17.0 Å². The van der Waals surface area contributed by atoms with E-state index in [1.54, 1.807) is 13.0 Å². The number of halogens is 2. The second kappa shape index (κ2) is 7.35. The third kappa shape index (κ3) is 5.74. The summed E-state index contributed by atoms with van der Waals surface area (Å²) in [5, 5.41) is 3.34. The zero-order valence-corrected chi connectivity index (χ0v) is 14.2. The minimum atomic E-state index is -0.478. The number of nitrogens with one attached hydrogen (secondary N) is 1. The van der Waals surface area contributed by atoms with E-state index in [4.69, 9.17) is 0 Å². The summed E-state index contributed by atoms with van der Waals surface area (Å²) < 4.78 is 27.5. The molecule has 0 saturated carbocycles. The molecule has 1 nitrogen and oxygen atoms in total. The highest BCUT2D eigenvalue weighted by Crippen LogP contribution is 2.32. The van der Waals surface area contributed by atoms with Gasteiger partial charge in [-0.25, -0.2) is 8.78 Å². The molecule has 0 radical (unpaired) electrons. The second-order valence-corrected chi connectivity index (χ2v) is 7.34. The van der Waals surface area contributed by atoms with Gasteiger partial charge in [-0.05, 0) is 49.3 Å². The van der Waals surface area contributed by atoms with Crippen LogP contribution < -0.4 is 5.32 Å². The van der Waals surface area contributed by atoms with Crippen molar-refractivity contribution in [2.75, 3.05) is 6.54 Å². The molecule has 1 aromatic carbocycles. The van der Waals surface area contributed by atoms with Gasteiger partial charge in [0.1, 0.15) is 11.6 Å². The number of rotatable bonds is 6. The van der Waals surface area contributed by atoms with E-state index in [2.05, 4.69) is 33.0 Å². The van der Waals surface area contributed by atoms with Gasteiger partial charge < -0.3 is 5.32 Å². The molecule has 0 aliphatic rings. The molecule has 3 heteroatoms. The zero-order valence-electron chi connectivity index (χ0n) is 14.2. The van der Waals surface area contributed by atoms with E-state index >= 15 is 0 Å². The smallest absolute Gasteiger partial charge is 0.130 e. The number of aryl methyl sites for hydroxylation is 1. The van der Waals surface area contributed by atoms with Crippen LogP contribution in [0.3, 0.4) is 0 Å². The van der Waals surface area contributed by atoms with Gasteiger partial charge >= 0.3 is 0 Å². The monoisotopic (exact) mass is 297 g/mol. The third-order valence-corrected chi connectivity index (χ3v) is 3.70. The van der Waals surface area contributed by atoms with Gasteiger partial charge in [-0.2, -0.15) is 0 Å². The van der Waals surface area contributed by atoms with Crippen LogP contribution in [-0.4, -0.2) is 6.54 Å². The highest BCUT2D eigenvalue weighted by molar-refractivity contribution is 5.28. The van der Waals surface area contributed by atoms with Crippen LogP contribution in [0.4, 0.5) is 8.78 Å². The second-order valence-electron chi connectivity index (χ2n) is 7.34. The van der Waals surface area contributed by atoms with Crippen LogP contribution >= 0.6 is 0 Å². The lowest BCUT2D eigenvalue weighted by Crippen LogP contribution is -2.25. The van der Waals surface area contributed by atoms with E-state index in [1.165, 1.54) is 0 Å². The molecule has 1 N–H and O–H groups in total. The maximum Gasteiger partial charge on any atom is 0.130 e. The Morgan fingerprint density at radius 3 is 2.29 bits per heavy atom. The molecule has 2 atom stereocenters. The third-order valence-electron chi connectivity index (χ3n) is 3.70. The topological polar surface area (TPSA) is 12.0 Å². The summed E-state index contributed by atoms with van der Waals surface area (Å²) in [4.78, 5) is 0. The molecule has 2 unspecified atom stereocenters. The highest BCUT2D eigenvalue weighted by Gasteiger charge is 2.22. The molecular formula is C18H29F2N. The summed E-state index contributed by atoms with van der Waals surface area (Å²) in [6.07, 6.45) is 1.93. The first-order chi connectivity index (χ1) is 9.64. The Morgan fingerprint density at radius 2 is 1.76 bits per heavy atom. The van der Waals surface area contributed by atoms with Gasteiger partial charge in [0.05, 0.1) is 0 Å². The van der Waals surface area contributed by atoms with Crippen molar-refractivity contribution in [1.29, 1.82) is 0 Å². The van der Waals surface area contributed by atoms with Gasteiger partial charge in [-0.1, -0.05) is 34.6 Å². The molecule has 0 spiro atoms. The largest absolute Gasteiger partial charge is 0.310 e. The fraction of sp³-hybridized carbons (Fsp3) is 0.667. The summed E-state index contributed by atoms with van der Waals surface area (Å²) >= 11 is 0. The molecule has 120 valence electrons. The van der Waals surface area contributed by atoms with Gasteiger partial charge in [-0.3, -0.25) is 0 Å². The quantitative estimate of drug-likeness (QED) is 0.742. The van der Waals surface area contributed by atoms with E-state index in [-0.39, 0.29) is 11.5 Å². The lowest BCUT2D eigenvalue weighted by Gasteiger charge is -2.27. The normalized spacial score (nSPS) is 15.0. The molecule has 1 rings (SSSR count). The summed E-state index contributed by atoms with van der Waals surface area (Å²) in [6, 6.07) is 2.58. The Morgan fingerprint density at radius 1 is 1.14 bits per heavy atom. The first-order valence-electron chi connectivity index (χ1n) is 7.83. The molecular weight excluding hydrogens is 268 g/mol. The van der Waals surface area contributed by atoms with Crippen molar-refractivity contribution in [1.82, 2.24) is 5.32 Å². The van der Waals surface area contributed by atoms with Crippen molar-refractivity contribution in [3.63, 3.8) is 0 Å². The molecule has 0 saturated heterocycles. The fourth-order valence-electron chi connectivity index (χ4n) is 3.04. The average Bonchev–Trinajstić information content (AvgIpc) is 2.31. The van der Waals surface area contributed by atoms with Crippen LogP contribution in [0.25, 0.3) is 0 Å². The maximum atomic E-state index is 14.1. The lowest BCUT2D eigenvalue weighted by atomic mass is 9.82. The Labute approximate surface area is 128 Å². The van der Waals surface area contributed by atoms with Crippen molar-refractivity contribution in [2.24, 2.45) is 11.3 Å². The molecule has 0 bridgehead atoms. The van der Waals surface area contributed by atoms with Crippen LogP contribution in [0.1, 0.15) is 64.6 Å². The van der Waals surface area contributed by atoms with E-state index in [1.807, 2.05) is 6.92 Å². The van der Waals surface area contributed by atoms with E-state index in [0.717, 1.165) is 25.5 Å². The molecule has 21 heavy (non-hydrogen) atoms. The Bertz CT molecular complexity index is 463. The summed E-state index contributed by atoms with van der Waals surface area (Å²) in [7, 11) is 0. The van der Waals surface area contributed by atoms with Gasteiger partial charge in [0.25, 0.3) is 0 Å². The minimum absolute atomic E-state index is 0.0633. The first-order valence-corrected chi connectivity index (χ1v) is 7.83. The highest BCUT2D eigenvalue weighted by atomic mass is 19.1. The van der Waals surface area contributed by atoms with Crippen LogP contribution in [0.2, 0.25) is 0 Å². The molecule has 0 aliphatic carbocycles.